The first-order valence-corrected chi connectivity index (χ1v) is 5.11. The van der Waals surface area contributed by atoms with Gasteiger partial charge in [-0.3, -0.25) is 4.57 Å². The molecule has 0 amide bonds. The third-order valence-electron chi connectivity index (χ3n) is 1.94. The van der Waals surface area contributed by atoms with Crippen molar-refractivity contribution in [3.63, 3.8) is 0 Å². The first kappa shape index (κ1) is 12.7. The van der Waals surface area contributed by atoms with Crippen LogP contribution >= 0.6 is 0 Å². The summed E-state index contributed by atoms with van der Waals surface area (Å²) in [6, 6.07) is 1.22. The van der Waals surface area contributed by atoms with E-state index in [1.807, 2.05) is 0 Å². The lowest BCUT2D eigenvalue weighted by Gasteiger charge is -2.19. The van der Waals surface area contributed by atoms with Crippen molar-refractivity contribution >= 4 is 6.09 Å². The van der Waals surface area contributed by atoms with Crippen LogP contribution in [0.25, 0.3) is 0 Å². The molecule has 0 unspecified atom stereocenters. The van der Waals surface area contributed by atoms with Gasteiger partial charge in [0.2, 0.25) is 0 Å². The van der Waals surface area contributed by atoms with Crippen molar-refractivity contribution in [2.24, 2.45) is 5.73 Å². The number of carbonyl (C=O) groups is 1. The fraction of sp³-hybridized carbons (Fsp3) is 0.545. The Morgan fingerprint density at radius 3 is 2.75 bits per heavy atom. The van der Waals surface area contributed by atoms with Gasteiger partial charge in [-0.15, -0.1) is 0 Å². The van der Waals surface area contributed by atoms with E-state index in [1.165, 1.54) is 4.57 Å². The van der Waals surface area contributed by atoms with Crippen molar-refractivity contribution in [1.29, 1.82) is 0 Å². The molecule has 16 heavy (non-hydrogen) atoms. The summed E-state index contributed by atoms with van der Waals surface area (Å²) < 4.78 is 6.49. The summed E-state index contributed by atoms with van der Waals surface area (Å²) in [6.45, 7) is 5.25. The second kappa shape index (κ2) is 4.67. The summed E-state index contributed by atoms with van der Waals surface area (Å²) in [7, 11) is 0. The molecule has 0 aliphatic heterocycles. The lowest BCUT2D eigenvalue weighted by atomic mass is 10.2. The van der Waals surface area contributed by atoms with Gasteiger partial charge in [0.15, 0.2) is 0 Å². The van der Waals surface area contributed by atoms with Crippen LogP contribution in [-0.2, 0) is 4.74 Å². The van der Waals surface area contributed by atoms with Gasteiger partial charge in [0.25, 0.3) is 0 Å². The van der Waals surface area contributed by atoms with E-state index in [0.29, 0.717) is 5.56 Å². The summed E-state index contributed by atoms with van der Waals surface area (Å²) in [5.41, 5.74) is 5.79. The Balaban J connectivity index is 2.75. The molecule has 0 bridgehead atoms. The SMILES string of the molecule is CC(C)(C)OC(=O)n1ccc([C@@H](N)CO)c1. The topological polar surface area (TPSA) is 77.5 Å². The van der Waals surface area contributed by atoms with Crippen molar-refractivity contribution in [2.75, 3.05) is 6.61 Å². The number of aromatic nitrogens is 1. The van der Waals surface area contributed by atoms with E-state index in [0.717, 1.165) is 0 Å². The molecule has 0 aliphatic carbocycles. The number of ether oxygens (including phenoxy) is 1. The van der Waals surface area contributed by atoms with Gasteiger partial charge in [0.05, 0.1) is 12.6 Å². The number of aliphatic hydroxyl groups is 1. The van der Waals surface area contributed by atoms with E-state index in [9.17, 15) is 4.79 Å². The summed E-state index contributed by atoms with van der Waals surface area (Å²) in [5, 5.41) is 8.87. The lowest BCUT2D eigenvalue weighted by Crippen LogP contribution is -2.26. The van der Waals surface area contributed by atoms with Gasteiger partial charge < -0.3 is 15.6 Å². The zero-order chi connectivity index (χ0) is 12.3. The van der Waals surface area contributed by atoms with E-state index in [2.05, 4.69) is 0 Å². The molecule has 1 aromatic rings. The van der Waals surface area contributed by atoms with Gasteiger partial charge in [-0.25, -0.2) is 4.79 Å². The zero-order valence-electron chi connectivity index (χ0n) is 9.80. The molecule has 5 heteroatoms. The average molecular weight is 226 g/mol. The van der Waals surface area contributed by atoms with E-state index in [4.69, 9.17) is 15.6 Å². The molecule has 90 valence electrons. The fourth-order valence-corrected chi connectivity index (χ4v) is 1.17. The van der Waals surface area contributed by atoms with Gasteiger partial charge in [0.1, 0.15) is 5.60 Å². The van der Waals surface area contributed by atoms with Crippen molar-refractivity contribution in [2.45, 2.75) is 32.4 Å². The van der Waals surface area contributed by atoms with Crippen molar-refractivity contribution in [1.82, 2.24) is 4.57 Å². The van der Waals surface area contributed by atoms with E-state index >= 15 is 0 Å². The highest BCUT2D eigenvalue weighted by Gasteiger charge is 2.18. The Hall–Kier alpha value is -1.33. The minimum atomic E-state index is -0.527. The van der Waals surface area contributed by atoms with Gasteiger partial charge in [-0.2, -0.15) is 0 Å². The highest BCUT2D eigenvalue weighted by molar-refractivity contribution is 5.71. The average Bonchev–Trinajstić information content (AvgIpc) is 2.62. The quantitative estimate of drug-likeness (QED) is 0.796. The summed E-state index contributed by atoms with van der Waals surface area (Å²) in [5.74, 6) is 0. The Morgan fingerprint density at radius 1 is 1.62 bits per heavy atom. The zero-order valence-corrected chi connectivity index (χ0v) is 9.80. The van der Waals surface area contributed by atoms with Crippen LogP contribution in [-0.4, -0.2) is 28.0 Å². The fourth-order valence-electron chi connectivity index (χ4n) is 1.17. The third-order valence-corrected chi connectivity index (χ3v) is 1.94. The molecule has 1 aromatic heterocycles. The largest absolute Gasteiger partial charge is 0.443 e. The molecule has 3 N–H and O–H groups in total. The van der Waals surface area contributed by atoms with Gasteiger partial charge >= 0.3 is 6.09 Å². The maximum atomic E-state index is 11.6. The predicted molar refractivity (Wildman–Crippen MR) is 60.1 cm³/mol. The summed E-state index contributed by atoms with van der Waals surface area (Å²) in [4.78, 5) is 11.6. The second-order valence-electron chi connectivity index (χ2n) is 4.62. The smallest absolute Gasteiger partial charge is 0.418 e. The van der Waals surface area contributed by atoms with Crippen LogP contribution in [0, 0.1) is 0 Å². The number of hydrogen-bond donors (Lipinski definition) is 2. The normalized spacial score (nSPS) is 13.6. The Bertz CT molecular complexity index is 366. The van der Waals surface area contributed by atoms with Crippen LogP contribution in [0.1, 0.15) is 32.4 Å². The second-order valence-corrected chi connectivity index (χ2v) is 4.62. The molecule has 0 aromatic carbocycles. The maximum absolute atomic E-state index is 11.6. The number of rotatable bonds is 2. The first-order valence-electron chi connectivity index (χ1n) is 5.11. The lowest BCUT2D eigenvalue weighted by molar-refractivity contribution is 0.0537. The highest BCUT2D eigenvalue weighted by atomic mass is 16.6. The summed E-state index contributed by atoms with van der Waals surface area (Å²) >= 11 is 0. The van der Waals surface area contributed by atoms with Crippen LogP contribution in [0.4, 0.5) is 4.79 Å². The third kappa shape index (κ3) is 3.36. The van der Waals surface area contributed by atoms with Crippen molar-refractivity contribution < 1.29 is 14.6 Å². The Morgan fingerprint density at radius 2 is 2.25 bits per heavy atom. The predicted octanol–water partition coefficient (Wildman–Crippen LogP) is 1.26. The van der Waals surface area contributed by atoms with Gasteiger partial charge in [0, 0.05) is 12.4 Å². The van der Waals surface area contributed by atoms with E-state index < -0.39 is 17.7 Å². The molecule has 0 saturated carbocycles. The monoisotopic (exact) mass is 226 g/mol. The Kier molecular flexibility index (Phi) is 3.72. The highest BCUT2D eigenvalue weighted by Crippen LogP contribution is 2.13. The molecule has 0 fully saturated rings. The minimum absolute atomic E-state index is 0.154. The molecule has 1 heterocycles. The van der Waals surface area contributed by atoms with Gasteiger partial charge in [-0.1, -0.05) is 0 Å². The minimum Gasteiger partial charge on any atom is -0.443 e. The van der Waals surface area contributed by atoms with Crippen molar-refractivity contribution in [3.8, 4) is 0 Å². The number of nitrogens with zero attached hydrogens (tertiary/aromatic N) is 1. The van der Waals surface area contributed by atoms with Crippen molar-refractivity contribution in [3.05, 3.63) is 24.0 Å². The number of aliphatic hydroxyl groups excluding tert-OH is 1. The molecular formula is C11H18N2O3. The van der Waals surface area contributed by atoms with Crippen LogP contribution in [0.5, 0.6) is 0 Å². The molecule has 0 saturated heterocycles. The van der Waals surface area contributed by atoms with Crippen LogP contribution < -0.4 is 5.73 Å². The molecule has 1 rings (SSSR count). The number of nitrogens with two attached hydrogens (primary N) is 1. The van der Waals surface area contributed by atoms with Crippen LogP contribution in [0.15, 0.2) is 18.5 Å². The number of hydrogen-bond acceptors (Lipinski definition) is 4. The Labute approximate surface area is 94.8 Å². The summed E-state index contributed by atoms with van der Waals surface area (Å²) in [6.07, 6.45) is 2.68. The maximum Gasteiger partial charge on any atom is 0.418 e. The molecule has 0 spiro atoms. The van der Waals surface area contributed by atoms with E-state index in [-0.39, 0.29) is 6.61 Å². The molecule has 0 aliphatic rings. The molecule has 1 atom stereocenters. The standard InChI is InChI=1S/C11H18N2O3/c1-11(2,3)16-10(15)13-5-4-8(6-13)9(12)7-14/h4-6,9,14H,7,12H2,1-3H3/t9-/m0/s1. The molecule has 0 radical (unpaired) electrons. The number of carbonyl (C=O) groups excluding carboxylic acids is 1. The molecule has 5 nitrogen and oxygen atoms in total. The van der Waals surface area contributed by atoms with Gasteiger partial charge in [-0.05, 0) is 32.4 Å². The molecular weight excluding hydrogens is 208 g/mol. The van der Waals surface area contributed by atoms with Crippen LogP contribution in [0.3, 0.4) is 0 Å². The van der Waals surface area contributed by atoms with Crippen LogP contribution in [0.2, 0.25) is 0 Å². The van der Waals surface area contributed by atoms with E-state index in [1.54, 1.807) is 39.2 Å². The first-order chi connectivity index (χ1) is 7.33.